The van der Waals surface area contributed by atoms with Crippen molar-refractivity contribution in [3.05, 3.63) is 24.3 Å². The van der Waals surface area contributed by atoms with Crippen molar-refractivity contribution in [3.63, 3.8) is 0 Å². The maximum atomic E-state index is 11.7. The first-order chi connectivity index (χ1) is 9.05. The Balaban J connectivity index is 2.55. The quantitative estimate of drug-likeness (QED) is 0.741. The Morgan fingerprint density at radius 1 is 1.20 bits per heavy atom. The maximum absolute atomic E-state index is 11.7. The molecule has 0 aliphatic rings. The third kappa shape index (κ3) is 7.10. The summed E-state index contributed by atoms with van der Waals surface area (Å²) in [6, 6.07) is 6.45. The minimum atomic E-state index is -3.29. The van der Waals surface area contributed by atoms with Gasteiger partial charge < -0.3 is 11.1 Å². The van der Waals surface area contributed by atoms with Crippen LogP contribution in [0.1, 0.15) is 26.7 Å². The third-order valence-corrected chi connectivity index (χ3v) is 3.07. The van der Waals surface area contributed by atoms with Gasteiger partial charge >= 0.3 is 0 Å². The molecule has 6 nitrogen and oxygen atoms in total. The summed E-state index contributed by atoms with van der Waals surface area (Å²) in [4.78, 5) is 11.7. The molecule has 7 heteroatoms. The van der Waals surface area contributed by atoms with Crippen LogP contribution < -0.4 is 15.8 Å². The molecule has 20 heavy (non-hydrogen) atoms. The van der Waals surface area contributed by atoms with Gasteiger partial charge in [0, 0.05) is 23.3 Å². The van der Waals surface area contributed by atoms with Gasteiger partial charge in [-0.05, 0) is 44.5 Å². The first-order valence-electron chi connectivity index (χ1n) is 6.22. The van der Waals surface area contributed by atoms with Crippen molar-refractivity contribution >= 4 is 27.3 Å². The Kier molecular flexibility index (Phi) is 5.13. The lowest BCUT2D eigenvalue weighted by Crippen LogP contribution is -2.33. The fraction of sp³-hybridized carbons (Fsp3) is 0.462. The van der Waals surface area contributed by atoms with E-state index in [1.165, 1.54) is 0 Å². The molecule has 0 spiro atoms. The van der Waals surface area contributed by atoms with Crippen LogP contribution in [0.4, 0.5) is 11.4 Å². The van der Waals surface area contributed by atoms with Gasteiger partial charge in [-0.3, -0.25) is 9.52 Å². The molecule has 0 saturated heterocycles. The van der Waals surface area contributed by atoms with E-state index in [9.17, 15) is 13.2 Å². The summed E-state index contributed by atoms with van der Waals surface area (Å²) < 4.78 is 24.4. The van der Waals surface area contributed by atoms with E-state index in [2.05, 4.69) is 10.0 Å². The van der Waals surface area contributed by atoms with Crippen molar-refractivity contribution in [2.24, 2.45) is 5.73 Å². The van der Waals surface area contributed by atoms with Gasteiger partial charge in [0.05, 0.1) is 6.26 Å². The van der Waals surface area contributed by atoms with E-state index in [0.29, 0.717) is 24.2 Å². The van der Waals surface area contributed by atoms with Crippen LogP contribution in [0.25, 0.3) is 0 Å². The largest absolute Gasteiger partial charge is 0.326 e. The number of carbonyl (C=O) groups excluding carboxylic acids is 1. The lowest BCUT2D eigenvalue weighted by molar-refractivity contribution is -0.116. The number of amides is 1. The Hall–Kier alpha value is -1.60. The average Bonchev–Trinajstić information content (AvgIpc) is 2.26. The van der Waals surface area contributed by atoms with Crippen LogP contribution in [0.2, 0.25) is 0 Å². The smallest absolute Gasteiger partial charge is 0.229 e. The summed E-state index contributed by atoms with van der Waals surface area (Å²) in [7, 11) is -3.29. The molecule has 112 valence electrons. The highest BCUT2D eigenvalue weighted by Gasteiger charge is 2.13. The second kappa shape index (κ2) is 6.23. The molecule has 0 bridgehead atoms. The van der Waals surface area contributed by atoms with Crippen molar-refractivity contribution in [1.82, 2.24) is 0 Å². The van der Waals surface area contributed by atoms with E-state index in [-0.39, 0.29) is 11.4 Å². The number of nitrogens with one attached hydrogen (secondary N) is 2. The normalized spacial score (nSPS) is 12.0. The Bertz CT molecular complexity index is 560. The number of nitrogens with two attached hydrogens (primary N) is 1. The van der Waals surface area contributed by atoms with Crippen molar-refractivity contribution in [2.45, 2.75) is 32.2 Å². The van der Waals surface area contributed by atoms with Gasteiger partial charge in [0.25, 0.3) is 0 Å². The number of anilines is 2. The number of hydrogen-bond donors (Lipinski definition) is 3. The lowest BCUT2D eigenvalue weighted by Gasteiger charge is -2.17. The second-order valence-electron chi connectivity index (χ2n) is 5.49. The highest BCUT2D eigenvalue weighted by Crippen LogP contribution is 2.15. The molecule has 0 unspecified atom stereocenters. The molecule has 0 radical (unpaired) electrons. The molecule has 1 amide bonds. The zero-order chi connectivity index (χ0) is 15.4. The molecule has 0 aromatic heterocycles. The summed E-state index contributed by atoms with van der Waals surface area (Å²) in [5, 5.41) is 2.73. The predicted molar refractivity (Wildman–Crippen MR) is 81.0 cm³/mol. The Morgan fingerprint density at radius 2 is 1.70 bits per heavy atom. The summed E-state index contributed by atoms with van der Waals surface area (Å²) in [6.45, 7) is 3.73. The first kappa shape index (κ1) is 16.5. The van der Waals surface area contributed by atoms with E-state index < -0.39 is 10.0 Å². The van der Waals surface area contributed by atoms with Crippen LogP contribution in [0.3, 0.4) is 0 Å². The molecule has 4 N–H and O–H groups in total. The highest BCUT2D eigenvalue weighted by atomic mass is 32.2. The van der Waals surface area contributed by atoms with E-state index in [0.717, 1.165) is 6.26 Å². The lowest BCUT2D eigenvalue weighted by atomic mass is 10.00. The molecule has 0 heterocycles. The van der Waals surface area contributed by atoms with Crippen LogP contribution in [-0.4, -0.2) is 26.1 Å². The number of carbonyl (C=O) groups is 1. The van der Waals surface area contributed by atoms with Gasteiger partial charge in [0.1, 0.15) is 0 Å². The van der Waals surface area contributed by atoms with E-state index in [1.54, 1.807) is 24.3 Å². The molecule has 1 aromatic rings. The molecule has 0 fully saturated rings. The highest BCUT2D eigenvalue weighted by molar-refractivity contribution is 7.92. The summed E-state index contributed by atoms with van der Waals surface area (Å²) in [5.41, 5.74) is 6.50. The summed E-state index contributed by atoms with van der Waals surface area (Å²) in [5.74, 6) is -0.118. The number of benzene rings is 1. The van der Waals surface area contributed by atoms with Gasteiger partial charge in [-0.15, -0.1) is 0 Å². The van der Waals surface area contributed by atoms with Crippen molar-refractivity contribution < 1.29 is 13.2 Å². The van der Waals surface area contributed by atoms with Crippen LogP contribution >= 0.6 is 0 Å². The van der Waals surface area contributed by atoms with E-state index in [1.807, 2.05) is 13.8 Å². The Labute approximate surface area is 119 Å². The van der Waals surface area contributed by atoms with Crippen molar-refractivity contribution in [1.29, 1.82) is 0 Å². The fourth-order valence-electron chi connectivity index (χ4n) is 1.49. The van der Waals surface area contributed by atoms with Gasteiger partial charge in [0.15, 0.2) is 0 Å². The molecular weight excluding hydrogens is 278 g/mol. The third-order valence-electron chi connectivity index (χ3n) is 2.47. The topological polar surface area (TPSA) is 101 Å². The van der Waals surface area contributed by atoms with Gasteiger partial charge in [0.2, 0.25) is 15.9 Å². The zero-order valence-electron chi connectivity index (χ0n) is 11.9. The molecule has 0 saturated carbocycles. The molecule has 0 atom stereocenters. The molecule has 0 aliphatic carbocycles. The van der Waals surface area contributed by atoms with E-state index in [4.69, 9.17) is 5.73 Å². The summed E-state index contributed by atoms with van der Waals surface area (Å²) >= 11 is 0. The Morgan fingerprint density at radius 3 is 2.15 bits per heavy atom. The van der Waals surface area contributed by atoms with Crippen LogP contribution in [0.5, 0.6) is 0 Å². The molecule has 1 aromatic carbocycles. The number of hydrogen-bond acceptors (Lipinski definition) is 4. The van der Waals surface area contributed by atoms with E-state index >= 15 is 0 Å². The standard InChI is InChI=1S/C13H21N3O3S/c1-13(2,14)9-8-12(17)15-10-4-6-11(7-5-10)16-20(3,18)19/h4-7,16H,8-9,14H2,1-3H3,(H,15,17). The monoisotopic (exact) mass is 299 g/mol. The number of sulfonamides is 1. The molecular formula is C13H21N3O3S. The molecule has 1 rings (SSSR count). The van der Waals surface area contributed by atoms with Crippen molar-refractivity contribution in [3.8, 4) is 0 Å². The fourth-order valence-corrected chi connectivity index (χ4v) is 2.06. The van der Waals surface area contributed by atoms with Gasteiger partial charge in [-0.2, -0.15) is 0 Å². The number of rotatable bonds is 6. The van der Waals surface area contributed by atoms with Crippen molar-refractivity contribution in [2.75, 3.05) is 16.3 Å². The SMILES string of the molecule is CC(C)(N)CCC(=O)Nc1ccc(NS(C)(=O)=O)cc1. The minimum Gasteiger partial charge on any atom is -0.326 e. The first-order valence-corrected chi connectivity index (χ1v) is 8.11. The minimum absolute atomic E-state index is 0.118. The summed E-state index contributed by atoms with van der Waals surface area (Å²) in [6.07, 6.45) is 2.01. The van der Waals surface area contributed by atoms with Crippen LogP contribution in [0, 0.1) is 0 Å². The van der Waals surface area contributed by atoms with Gasteiger partial charge in [-0.25, -0.2) is 8.42 Å². The maximum Gasteiger partial charge on any atom is 0.229 e. The predicted octanol–water partition coefficient (Wildman–Crippen LogP) is 1.51. The second-order valence-corrected chi connectivity index (χ2v) is 7.24. The average molecular weight is 299 g/mol. The van der Waals surface area contributed by atoms with Gasteiger partial charge in [-0.1, -0.05) is 0 Å². The molecule has 0 aliphatic heterocycles. The van der Waals surface area contributed by atoms with Crippen LogP contribution in [0.15, 0.2) is 24.3 Å². The van der Waals surface area contributed by atoms with Crippen LogP contribution in [-0.2, 0) is 14.8 Å². The zero-order valence-corrected chi connectivity index (χ0v) is 12.8.